The van der Waals surface area contributed by atoms with Crippen LogP contribution in [0.1, 0.15) is 12.5 Å². The van der Waals surface area contributed by atoms with Crippen molar-refractivity contribution >= 4 is 28.7 Å². The molecule has 1 aromatic heterocycles. The van der Waals surface area contributed by atoms with Crippen LogP contribution < -0.4 is 10.6 Å². The average Bonchev–Trinajstić information content (AvgIpc) is 2.42. The Hall–Kier alpha value is -2.01. The lowest BCUT2D eigenvalue weighted by Crippen LogP contribution is -2.18. The second-order valence-electron chi connectivity index (χ2n) is 3.99. The minimum absolute atomic E-state index is 0.253. The van der Waals surface area contributed by atoms with E-state index in [0.29, 0.717) is 4.99 Å². The van der Waals surface area contributed by atoms with Crippen molar-refractivity contribution in [2.24, 2.45) is 5.73 Å². The molecule has 0 aliphatic rings. The van der Waals surface area contributed by atoms with Crippen LogP contribution in [0.4, 0.5) is 15.9 Å². The molecule has 0 saturated heterocycles. The fraction of sp³-hybridized carbons (Fsp3) is 0.143. The van der Waals surface area contributed by atoms with Gasteiger partial charge in [-0.25, -0.2) is 9.37 Å². The van der Waals surface area contributed by atoms with E-state index in [1.165, 1.54) is 12.1 Å². The summed E-state index contributed by atoms with van der Waals surface area (Å²) >= 11 is 4.89. The van der Waals surface area contributed by atoms with Crippen LogP contribution in [0.3, 0.4) is 0 Å². The number of hydrogen-bond acceptors (Lipinski definition) is 3. The number of pyridine rings is 1. The molecule has 1 aromatic carbocycles. The van der Waals surface area contributed by atoms with Crippen molar-refractivity contribution in [3.05, 3.63) is 54.0 Å². The quantitative estimate of drug-likeness (QED) is 0.871. The van der Waals surface area contributed by atoms with Gasteiger partial charge in [0.15, 0.2) is 0 Å². The SMILES string of the molecule is CCN(c1ccc(F)cc1)c1ccc(C(N)=S)cn1. The maximum atomic E-state index is 12.9. The molecule has 0 radical (unpaired) electrons. The number of halogens is 1. The highest BCUT2D eigenvalue weighted by Crippen LogP contribution is 2.23. The summed E-state index contributed by atoms with van der Waals surface area (Å²) in [7, 11) is 0. The molecule has 5 heteroatoms. The van der Waals surface area contributed by atoms with Gasteiger partial charge in [-0.05, 0) is 43.3 Å². The van der Waals surface area contributed by atoms with Gasteiger partial charge in [-0.2, -0.15) is 0 Å². The largest absolute Gasteiger partial charge is 0.389 e. The van der Waals surface area contributed by atoms with Crippen LogP contribution in [0, 0.1) is 5.82 Å². The molecule has 1 heterocycles. The van der Waals surface area contributed by atoms with Crippen LogP contribution in [0.25, 0.3) is 0 Å². The maximum absolute atomic E-state index is 12.9. The molecule has 0 saturated carbocycles. The van der Waals surface area contributed by atoms with Crippen LogP contribution in [-0.4, -0.2) is 16.5 Å². The highest BCUT2D eigenvalue weighted by molar-refractivity contribution is 7.80. The summed E-state index contributed by atoms with van der Waals surface area (Å²) < 4.78 is 12.9. The topological polar surface area (TPSA) is 42.1 Å². The molecule has 98 valence electrons. The van der Waals surface area contributed by atoms with Crippen molar-refractivity contribution in [2.45, 2.75) is 6.92 Å². The van der Waals surface area contributed by atoms with E-state index in [0.717, 1.165) is 23.6 Å². The molecule has 3 nitrogen and oxygen atoms in total. The van der Waals surface area contributed by atoms with Crippen molar-refractivity contribution in [1.82, 2.24) is 4.98 Å². The highest BCUT2D eigenvalue weighted by atomic mass is 32.1. The van der Waals surface area contributed by atoms with Crippen LogP contribution in [-0.2, 0) is 0 Å². The van der Waals surface area contributed by atoms with Gasteiger partial charge in [0.25, 0.3) is 0 Å². The van der Waals surface area contributed by atoms with E-state index in [1.54, 1.807) is 18.3 Å². The molecule has 0 unspecified atom stereocenters. The van der Waals surface area contributed by atoms with E-state index >= 15 is 0 Å². The van der Waals surface area contributed by atoms with Gasteiger partial charge in [-0.1, -0.05) is 12.2 Å². The second-order valence-corrected chi connectivity index (χ2v) is 4.43. The van der Waals surface area contributed by atoms with E-state index < -0.39 is 0 Å². The first-order chi connectivity index (χ1) is 9.11. The third-order valence-corrected chi connectivity index (χ3v) is 3.00. The number of anilines is 2. The summed E-state index contributed by atoms with van der Waals surface area (Å²) in [6, 6.07) is 9.99. The highest BCUT2D eigenvalue weighted by Gasteiger charge is 2.09. The summed E-state index contributed by atoms with van der Waals surface area (Å²) in [4.78, 5) is 6.63. The lowest BCUT2D eigenvalue weighted by Gasteiger charge is -2.22. The summed E-state index contributed by atoms with van der Waals surface area (Å²) in [5, 5.41) is 0. The maximum Gasteiger partial charge on any atom is 0.132 e. The zero-order chi connectivity index (χ0) is 13.8. The van der Waals surface area contributed by atoms with Gasteiger partial charge in [0.1, 0.15) is 16.6 Å². The summed E-state index contributed by atoms with van der Waals surface area (Å²) in [6.07, 6.45) is 1.64. The van der Waals surface area contributed by atoms with Gasteiger partial charge in [-0.15, -0.1) is 0 Å². The molecular weight excluding hydrogens is 261 g/mol. The summed E-state index contributed by atoms with van der Waals surface area (Å²) in [5.41, 5.74) is 7.16. The third-order valence-electron chi connectivity index (χ3n) is 2.76. The Kier molecular flexibility index (Phi) is 4.06. The van der Waals surface area contributed by atoms with Crippen molar-refractivity contribution < 1.29 is 4.39 Å². The molecule has 0 aliphatic heterocycles. The van der Waals surface area contributed by atoms with Crippen LogP contribution in [0.2, 0.25) is 0 Å². The van der Waals surface area contributed by atoms with Gasteiger partial charge >= 0.3 is 0 Å². The molecule has 19 heavy (non-hydrogen) atoms. The number of nitrogens with two attached hydrogens (primary N) is 1. The Labute approximate surface area is 116 Å². The van der Waals surface area contributed by atoms with Crippen molar-refractivity contribution in [2.75, 3.05) is 11.4 Å². The normalized spacial score (nSPS) is 10.2. The van der Waals surface area contributed by atoms with Crippen molar-refractivity contribution in [3.63, 3.8) is 0 Å². The predicted octanol–water partition coefficient (Wildman–Crippen LogP) is 3.01. The van der Waals surface area contributed by atoms with Gasteiger partial charge in [0, 0.05) is 24.0 Å². The number of rotatable bonds is 4. The number of nitrogens with zero attached hydrogens (tertiary/aromatic N) is 2. The van der Waals surface area contributed by atoms with E-state index in [2.05, 4.69) is 4.98 Å². The molecule has 0 spiro atoms. The Morgan fingerprint density at radius 2 is 1.95 bits per heavy atom. The van der Waals surface area contributed by atoms with Gasteiger partial charge in [0.05, 0.1) is 0 Å². The molecular formula is C14H14FN3S. The Balaban J connectivity index is 2.31. The van der Waals surface area contributed by atoms with Crippen LogP contribution >= 0.6 is 12.2 Å². The smallest absolute Gasteiger partial charge is 0.132 e. The molecule has 0 fully saturated rings. The van der Waals surface area contributed by atoms with Gasteiger partial charge in [-0.3, -0.25) is 0 Å². The Morgan fingerprint density at radius 3 is 2.42 bits per heavy atom. The third kappa shape index (κ3) is 3.06. The Morgan fingerprint density at radius 1 is 1.26 bits per heavy atom. The molecule has 0 amide bonds. The summed E-state index contributed by atoms with van der Waals surface area (Å²) in [6.45, 7) is 2.73. The first-order valence-electron chi connectivity index (χ1n) is 5.90. The number of hydrogen-bond donors (Lipinski definition) is 1. The van der Waals surface area contributed by atoms with Gasteiger partial charge in [0.2, 0.25) is 0 Å². The van der Waals surface area contributed by atoms with Crippen molar-refractivity contribution in [1.29, 1.82) is 0 Å². The molecule has 2 aromatic rings. The van der Waals surface area contributed by atoms with Crippen LogP contribution in [0.15, 0.2) is 42.6 Å². The van der Waals surface area contributed by atoms with Crippen molar-refractivity contribution in [3.8, 4) is 0 Å². The minimum Gasteiger partial charge on any atom is -0.389 e. The second kappa shape index (κ2) is 5.75. The fourth-order valence-corrected chi connectivity index (χ4v) is 1.91. The number of aromatic nitrogens is 1. The first kappa shape index (κ1) is 13.4. The predicted molar refractivity (Wildman–Crippen MR) is 79.2 cm³/mol. The Bertz CT molecular complexity index is 566. The molecule has 2 rings (SSSR count). The van der Waals surface area contributed by atoms with E-state index in [-0.39, 0.29) is 5.82 Å². The van der Waals surface area contributed by atoms with E-state index in [1.807, 2.05) is 24.0 Å². The van der Waals surface area contributed by atoms with E-state index in [9.17, 15) is 4.39 Å². The molecule has 0 bridgehead atoms. The monoisotopic (exact) mass is 275 g/mol. The fourth-order valence-electron chi connectivity index (χ4n) is 1.79. The zero-order valence-electron chi connectivity index (χ0n) is 10.5. The lowest BCUT2D eigenvalue weighted by atomic mass is 10.2. The zero-order valence-corrected chi connectivity index (χ0v) is 11.3. The standard InChI is InChI=1S/C14H14FN3S/c1-2-18(12-6-4-11(15)5-7-12)13-8-3-10(9-17-13)14(16)19/h3-9H,2H2,1H3,(H2,16,19). The summed E-state index contributed by atoms with van der Waals surface area (Å²) in [5.74, 6) is 0.519. The average molecular weight is 275 g/mol. The van der Waals surface area contributed by atoms with Gasteiger partial charge < -0.3 is 10.6 Å². The first-order valence-corrected chi connectivity index (χ1v) is 6.31. The van der Waals surface area contributed by atoms with E-state index in [4.69, 9.17) is 18.0 Å². The molecule has 0 aliphatic carbocycles. The lowest BCUT2D eigenvalue weighted by molar-refractivity contribution is 0.628. The minimum atomic E-state index is -0.253. The number of benzene rings is 1. The van der Waals surface area contributed by atoms with Crippen LogP contribution in [0.5, 0.6) is 0 Å². The molecule has 2 N–H and O–H groups in total. The number of thiocarbonyl (C=S) groups is 1. The molecule has 0 atom stereocenters.